The highest BCUT2D eigenvalue weighted by Gasteiger charge is 2.14. The Bertz CT molecular complexity index is 268. The van der Waals surface area contributed by atoms with Crippen molar-refractivity contribution in [3.05, 3.63) is 23.8 Å². The minimum absolute atomic E-state index is 0.470. The number of nitrogens with one attached hydrogen (secondary N) is 1. The first-order valence-corrected chi connectivity index (χ1v) is 4.89. The molecule has 14 heavy (non-hydrogen) atoms. The van der Waals surface area contributed by atoms with Crippen LogP contribution in [0.2, 0.25) is 0 Å². The Balaban J connectivity index is 2.37. The molecule has 0 spiro atoms. The van der Waals surface area contributed by atoms with E-state index in [1.165, 1.54) is 11.1 Å². The summed E-state index contributed by atoms with van der Waals surface area (Å²) in [7, 11) is 0. The summed E-state index contributed by atoms with van der Waals surface area (Å²) in [6.45, 7) is 6.46. The molecule has 78 valence electrons. The number of carboxylic acid groups (broad SMARTS) is 1. The van der Waals surface area contributed by atoms with E-state index >= 15 is 0 Å². The van der Waals surface area contributed by atoms with Gasteiger partial charge in [-0.15, -0.1) is 0 Å². The quantitative estimate of drug-likeness (QED) is 0.680. The van der Waals surface area contributed by atoms with Gasteiger partial charge in [0.25, 0.3) is 0 Å². The number of hydrogen-bond acceptors (Lipinski definition) is 1. The Morgan fingerprint density at radius 3 is 2.93 bits per heavy atom. The second-order valence-electron chi connectivity index (χ2n) is 3.84. The Morgan fingerprint density at radius 1 is 1.79 bits per heavy atom. The van der Waals surface area contributed by atoms with Gasteiger partial charge in [-0.05, 0) is 32.1 Å². The third kappa shape index (κ3) is 3.24. The maximum absolute atomic E-state index is 10.3. The first kappa shape index (κ1) is 10.8. The molecule has 0 radical (unpaired) electrons. The molecule has 0 saturated heterocycles. The van der Waals surface area contributed by atoms with Gasteiger partial charge in [-0.2, -0.15) is 0 Å². The fraction of sp³-hybridized carbons (Fsp3) is 0.545. The molecule has 0 heterocycles. The minimum Gasteiger partial charge on any atom is -0.465 e. The van der Waals surface area contributed by atoms with E-state index in [1.807, 2.05) is 0 Å². The molecule has 1 rings (SSSR count). The topological polar surface area (TPSA) is 49.3 Å². The van der Waals surface area contributed by atoms with Crippen molar-refractivity contribution in [1.82, 2.24) is 5.32 Å². The van der Waals surface area contributed by atoms with Gasteiger partial charge in [-0.1, -0.05) is 23.8 Å². The van der Waals surface area contributed by atoms with Gasteiger partial charge in [-0.25, -0.2) is 4.79 Å². The summed E-state index contributed by atoms with van der Waals surface area (Å²) in [5.74, 6) is 0.587. The summed E-state index contributed by atoms with van der Waals surface area (Å²) >= 11 is 0. The molecule has 0 bridgehead atoms. The second-order valence-corrected chi connectivity index (χ2v) is 3.84. The van der Waals surface area contributed by atoms with E-state index in [1.54, 1.807) is 0 Å². The molecule has 0 aliphatic heterocycles. The van der Waals surface area contributed by atoms with E-state index in [9.17, 15) is 4.79 Å². The second kappa shape index (κ2) is 4.84. The first-order valence-electron chi connectivity index (χ1n) is 4.89. The van der Waals surface area contributed by atoms with Crippen LogP contribution in [-0.4, -0.2) is 17.7 Å². The van der Waals surface area contributed by atoms with Crippen molar-refractivity contribution in [3.8, 4) is 0 Å². The average Bonchev–Trinajstić information content (AvgIpc) is 2.15. The van der Waals surface area contributed by atoms with E-state index in [-0.39, 0.29) is 0 Å². The van der Waals surface area contributed by atoms with Crippen LogP contribution >= 0.6 is 0 Å². The highest BCUT2D eigenvalue weighted by molar-refractivity contribution is 5.64. The molecule has 1 atom stereocenters. The lowest BCUT2D eigenvalue weighted by Gasteiger charge is -2.21. The molecule has 3 nitrogen and oxygen atoms in total. The molecule has 1 amide bonds. The lowest BCUT2D eigenvalue weighted by molar-refractivity contribution is 0.195. The van der Waals surface area contributed by atoms with Gasteiger partial charge < -0.3 is 10.4 Å². The molecule has 0 aromatic rings. The van der Waals surface area contributed by atoms with Crippen LogP contribution in [0.1, 0.15) is 26.2 Å². The fourth-order valence-corrected chi connectivity index (χ4v) is 1.69. The van der Waals surface area contributed by atoms with Gasteiger partial charge in [0.15, 0.2) is 0 Å². The highest BCUT2D eigenvalue weighted by Crippen LogP contribution is 2.27. The summed E-state index contributed by atoms with van der Waals surface area (Å²) in [5, 5.41) is 10.8. The van der Waals surface area contributed by atoms with Gasteiger partial charge in [0.05, 0.1) is 0 Å². The van der Waals surface area contributed by atoms with Crippen LogP contribution in [0.15, 0.2) is 23.8 Å². The van der Waals surface area contributed by atoms with Crippen LogP contribution in [0.3, 0.4) is 0 Å². The average molecular weight is 195 g/mol. The normalized spacial score (nSPS) is 21.2. The van der Waals surface area contributed by atoms with Crippen molar-refractivity contribution in [2.75, 3.05) is 6.54 Å². The molecule has 3 heteroatoms. The zero-order valence-electron chi connectivity index (χ0n) is 8.55. The molecule has 1 unspecified atom stereocenters. The number of carbonyl (C=O) groups is 1. The molecule has 0 saturated carbocycles. The van der Waals surface area contributed by atoms with Crippen LogP contribution in [0.25, 0.3) is 0 Å². The van der Waals surface area contributed by atoms with Crippen molar-refractivity contribution < 1.29 is 9.90 Å². The lowest BCUT2D eigenvalue weighted by atomic mass is 9.85. The summed E-state index contributed by atoms with van der Waals surface area (Å²) in [6.07, 6.45) is 4.28. The summed E-state index contributed by atoms with van der Waals surface area (Å²) in [6, 6.07) is 0. The first-order chi connectivity index (χ1) is 6.59. The summed E-state index contributed by atoms with van der Waals surface area (Å²) in [5.41, 5.74) is 2.43. The minimum atomic E-state index is -0.951. The van der Waals surface area contributed by atoms with E-state index < -0.39 is 6.09 Å². The van der Waals surface area contributed by atoms with Crippen molar-refractivity contribution >= 4 is 6.09 Å². The molecule has 1 aliphatic carbocycles. The third-order valence-electron chi connectivity index (χ3n) is 2.67. The van der Waals surface area contributed by atoms with Crippen molar-refractivity contribution in [2.45, 2.75) is 26.2 Å². The molecule has 0 aromatic heterocycles. The van der Waals surface area contributed by atoms with Gasteiger partial charge in [-0.3, -0.25) is 0 Å². The Kier molecular flexibility index (Phi) is 3.74. The molecular formula is C11H17NO2. The SMILES string of the molecule is C=C(C)C1CC=C(CNC(=O)O)CC1. The van der Waals surface area contributed by atoms with Crippen LogP contribution in [0.5, 0.6) is 0 Å². The van der Waals surface area contributed by atoms with Crippen LogP contribution < -0.4 is 5.32 Å². The van der Waals surface area contributed by atoms with Crippen LogP contribution in [0, 0.1) is 5.92 Å². The predicted molar refractivity (Wildman–Crippen MR) is 56.3 cm³/mol. The maximum Gasteiger partial charge on any atom is 0.404 e. The van der Waals surface area contributed by atoms with E-state index in [2.05, 4.69) is 24.9 Å². The highest BCUT2D eigenvalue weighted by atomic mass is 16.4. The smallest absolute Gasteiger partial charge is 0.404 e. The van der Waals surface area contributed by atoms with Gasteiger partial charge in [0.1, 0.15) is 0 Å². The van der Waals surface area contributed by atoms with Crippen LogP contribution in [-0.2, 0) is 0 Å². The third-order valence-corrected chi connectivity index (χ3v) is 2.67. The van der Waals surface area contributed by atoms with Crippen molar-refractivity contribution in [2.24, 2.45) is 5.92 Å². The predicted octanol–water partition coefficient (Wildman–Crippen LogP) is 2.56. The molecule has 2 N–H and O–H groups in total. The fourth-order valence-electron chi connectivity index (χ4n) is 1.69. The largest absolute Gasteiger partial charge is 0.465 e. The Labute approximate surface area is 84.5 Å². The number of rotatable bonds is 3. The monoisotopic (exact) mass is 195 g/mol. The molecule has 0 fully saturated rings. The Hall–Kier alpha value is -1.25. The van der Waals surface area contributed by atoms with Gasteiger partial charge in [0, 0.05) is 6.54 Å². The Morgan fingerprint density at radius 2 is 2.50 bits per heavy atom. The van der Waals surface area contributed by atoms with Crippen LogP contribution in [0.4, 0.5) is 4.79 Å². The standard InChI is InChI=1S/C11H17NO2/c1-8(2)10-5-3-9(4-6-10)7-12-11(13)14/h3,10,12H,1,4-7H2,2H3,(H,13,14). The molecule has 0 aromatic carbocycles. The summed E-state index contributed by atoms with van der Waals surface area (Å²) < 4.78 is 0. The number of amides is 1. The van der Waals surface area contributed by atoms with Crippen molar-refractivity contribution in [1.29, 1.82) is 0 Å². The van der Waals surface area contributed by atoms with Gasteiger partial charge >= 0.3 is 6.09 Å². The van der Waals surface area contributed by atoms with E-state index in [4.69, 9.17) is 5.11 Å². The summed E-state index contributed by atoms with van der Waals surface area (Å²) in [4.78, 5) is 10.3. The molecule has 1 aliphatic rings. The zero-order chi connectivity index (χ0) is 10.6. The number of hydrogen-bond donors (Lipinski definition) is 2. The van der Waals surface area contributed by atoms with E-state index in [0.29, 0.717) is 12.5 Å². The van der Waals surface area contributed by atoms with E-state index in [0.717, 1.165) is 19.3 Å². The van der Waals surface area contributed by atoms with Crippen molar-refractivity contribution in [3.63, 3.8) is 0 Å². The zero-order valence-corrected chi connectivity index (χ0v) is 8.55. The number of allylic oxidation sites excluding steroid dienone is 2. The lowest BCUT2D eigenvalue weighted by Crippen LogP contribution is -2.24. The van der Waals surface area contributed by atoms with Gasteiger partial charge in [0.2, 0.25) is 0 Å². The molecular weight excluding hydrogens is 178 g/mol. The maximum atomic E-state index is 10.3.